The Labute approximate surface area is 114 Å². The van der Waals surface area contributed by atoms with E-state index in [1.165, 1.54) is 0 Å². The normalized spacial score (nSPS) is 23.7. The molecule has 0 bridgehead atoms. The van der Waals surface area contributed by atoms with Gasteiger partial charge in [-0.3, -0.25) is 9.48 Å². The van der Waals surface area contributed by atoms with Crippen molar-refractivity contribution in [1.29, 1.82) is 0 Å². The molecule has 19 heavy (non-hydrogen) atoms. The Morgan fingerprint density at radius 2 is 1.89 bits per heavy atom. The molecule has 1 aromatic heterocycles. The lowest BCUT2D eigenvalue weighted by molar-refractivity contribution is -0.142. The molecule has 2 atom stereocenters. The Morgan fingerprint density at radius 3 is 2.37 bits per heavy atom. The van der Waals surface area contributed by atoms with Gasteiger partial charge in [-0.15, -0.1) is 0 Å². The third-order valence-corrected chi connectivity index (χ3v) is 3.76. The molecule has 1 aromatic rings. The summed E-state index contributed by atoms with van der Waals surface area (Å²) in [6, 6.07) is 0. The highest BCUT2D eigenvalue weighted by atomic mass is 16.5. The highest BCUT2D eigenvalue weighted by Crippen LogP contribution is 2.16. The molecule has 2 unspecified atom stereocenters. The molecule has 5 heteroatoms. The van der Waals surface area contributed by atoms with Crippen LogP contribution in [0.3, 0.4) is 0 Å². The first-order valence-electron chi connectivity index (χ1n) is 6.80. The number of hydrogen-bond donors (Lipinski definition) is 0. The van der Waals surface area contributed by atoms with Gasteiger partial charge in [0.2, 0.25) is 5.91 Å². The van der Waals surface area contributed by atoms with Crippen LogP contribution in [0, 0.1) is 13.8 Å². The van der Waals surface area contributed by atoms with Crippen molar-refractivity contribution in [2.45, 2.75) is 46.3 Å². The van der Waals surface area contributed by atoms with Gasteiger partial charge in [-0.25, -0.2) is 0 Å². The zero-order valence-electron chi connectivity index (χ0n) is 12.4. The largest absolute Gasteiger partial charge is 0.372 e. The molecule has 1 fully saturated rings. The van der Waals surface area contributed by atoms with Crippen molar-refractivity contribution in [3.63, 3.8) is 0 Å². The van der Waals surface area contributed by atoms with Gasteiger partial charge in [-0.05, 0) is 27.7 Å². The van der Waals surface area contributed by atoms with Gasteiger partial charge in [0.05, 0.1) is 24.3 Å². The van der Waals surface area contributed by atoms with Crippen LogP contribution in [0.1, 0.15) is 30.8 Å². The van der Waals surface area contributed by atoms with Gasteiger partial charge >= 0.3 is 0 Å². The molecule has 106 valence electrons. The highest BCUT2D eigenvalue weighted by molar-refractivity contribution is 5.79. The van der Waals surface area contributed by atoms with E-state index in [1.54, 1.807) is 0 Å². The van der Waals surface area contributed by atoms with E-state index in [2.05, 4.69) is 5.10 Å². The van der Waals surface area contributed by atoms with Gasteiger partial charge < -0.3 is 9.64 Å². The van der Waals surface area contributed by atoms with E-state index >= 15 is 0 Å². The molecule has 1 aliphatic heterocycles. The predicted octanol–water partition coefficient (Wildman–Crippen LogP) is 1.22. The molecule has 2 heterocycles. The van der Waals surface area contributed by atoms with Crippen LogP contribution in [0.4, 0.5) is 0 Å². The maximum atomic E-state index is 12.4. The first kappa shape index (κ1) is 14.1. The number of amides is 1. The molecule has 0 aliphatic carbocycles. The van der Waals surface area contributed by atoms with Crippen LogP contribution >= 0.6 is 0 Å². The smallest absolute Gasteiger partial charge is 0.227 e. The minimum atomic E-state index is 0.115. The third-order valence-electron chi connectivity index (χ3n) is 3.76. The molecule has 0 aromatic carbocycles. The summed E-state index contributed by atoms with van der Waals surface area (Å²) in [6.45, 7) is 9.35. The van der Waals surface area contributed by atoms with E-state index in [0.29, 0.717) is 19.5 Å². The highest BCUT2D eigenvalue weighted by Gasteiger charge is 2.26. The molecular formula is C14H23N3O2. The third kappa shape index (κ3) is 2.97. The van der Waals surface area contributed by atoms with Crippen LogP contribution in [0.5, 0.6) is 0 Å². The van der Waals surface area contributed by atoms with Crippen LogP contribution in [0.2, 0.25) is 0 Å². The van der Waals surface area contributed by atoms with Gasteiger partial charge in [-0.1, -0.05) is 0 Å². The summed E-state index contributed by atoms with van der Waals surface area (Å²) in [6.07, 6.45) is 0.665. The fraction of sp³-hybridized carbons (Fsp3) is 0.714. The zero-order valence-corrected chi connectivity index (χ0v) is 12.4. The van der Waals surface area contributed by atoms with Gasteiger partial charge in [0, 0.05) is 31.4 Å². The van der Waals surface area contributed by atoms with Crippen LogP contribution in [-0.4, -0.2) is 45.9 Å². The number of carbonyl (C=O) groups excluding carboxylic acids is 1. The minimum Gasteiger partial charge on any atom is -0.372 e. The molecule has 1 saturated heterocycles. The number of nitrogens with zero attached hydrogens (tertiary/aromatic N) is 3. The lowest BCUT2D eigenvalue weighted by Crippen LogP contribution is -2.48. The van der Waals surface area contributed by atoms with E-state index in [-0.39, 0.29) is 18.1 Å². The van der Waals surface area contributed by atoms with E-state index in [1.807, 2.05) is 44.3 Å². The summed E-state index contributed by atoms with van der Waals surface area (Å²) in [5, 5.41) is 4.36. The summed E-state index contributed by atoms with van der Waals surface area (Å²) >= 11 is 0. The second-order valence-corrected chi connectivity index (χ2v) is 5.51. The molecule has 1 aliphatic rings. The number of morpholine rings is 1. The van der Waals surface area contributed by atoms with E-state index in [0.717, 1.165) is 17.0 Å². The molecular weight excluding hydrogens is 242 g/mol. The van der Waals surface area contributed by atoms with Crippen molar-refractivity contribution in [3.05, 3.63) is 17.0 Å². The Balaban J connectivity index is 2.08. The van der Waals surface area contributed by atoms with Crippen LogP contribution < -0.4 is 0 Å². The van der Waals surface area contributed by atoms with Crippen LogP contribution in [0.25, 0.3) is 0 Å². The number of aromatic nitrogens is 2. The minimum absolute atomic E-state index is 0.115. The lowest BCUT2D eigenvalue weighted by atomic mass is 10.1. The van der Waals surface area contributed by atoms with Gasteiger partial charge in [0.15, 0.2) is 0 Å². The monoisotopic (exact) mass is 265 g/mol. The molecule has 5 nitrogen and oxygen atoms in total. The summed E-state index contributed by atoms with van der Waals surface area (Å²) < 4.78 is 7.49. The maximum Gasteiger partial charge on any atom is 0.227 e. The summed E-state index contributed by atoms with van der Waals surface area (Å²) in [5.41, 5.74) is 3.07. The van der Waals surface area contributed by atoms with Crippen molar-refractivity contribution in [2.24, 2.45) is 7.05 Å². The van der Waals surface area contributed by atoms with Gasteiger partial charge in [-0.2, -0.15) is 5.10 Å². The van der Waals surface area contributed by atoms with E-state index in [4.69, 9.17) is 4.74 Å². The first-order valence-corrected chi connectivity index (χ1v) is 6.80. The molecule has 0 N–H and O–H groups in total. The zero-order chi connectivity index (χ0) is 14.2. The number of carbonyl (C=O) groups is 1. The lowest BCUT2D eigenvalue weighted by Gasteiger charge is -2.35. The number of ether oxygens (including phenoxy) is 1. The summed E-state index contributed by atoms with van der Waals surface area (Å²) in [5.74, 6) is 0.168. The Bertz CT molecular complexity index is 471. The quantitative estimate of drug-likeness (QED) is 0.807. The summed E-state index contributed by atoms with van der Waals surface area (Å²) in [4.78, 5) is 14.3. The second kappa shape index (κ2) is 5.33. The SMILES string of the molecule is Cc1nn(C)c(C)c1CC(=O)N1CC(C)OC(C)C1. The van der Waals surface area contributed by atoms with Crippen molar-refractivity contribution >= 4 is 5.91 Å². The average molecular weight is 265 g/mol. The topological polar surface area (TPSA) is 47.4 Å². The Morgan fingerprint density at radius 1 is 1.32 bits per heavy atom. The van der Waals surface area contributed by atoms with E-state index in [9.17, 15) is 4.79 Å². The van der Waals surface area contributed by atoms with Gasteiger partial charge in [0.1, 0.15) is 0 Å². The number of hydrogen-bond acceptors (Lipinski definition) is 3. The van der Waals surface area contributed by atoms with Crippen molar-refractivity contribution in [3.8, 4) is 0 Å². The van der Waals surface area contributed by atoms with Gasteiger partial charge in [0.25, 0.3) is 0 Å². The average Bonchev–Trinajstić information content (AvgIpc) is 2.54. The fourth-order valence-corrected chi connectivity index (χ4v) is 2.72. The number of rotatable bonds is 2. The Hall–Kier alpha value is -1.36. The molecule has 2 rings (SSSR count). The van der Waals surface area contributed by atoms with Crippen molar-refractivity contribution in [2.75, 3.05) is 13.1 Å². The molecule has 0 radical (unpaired) electrons. The molecule has 0 spiro atoms. The molecule has 1 amide bonds. The van der Waals surface area contributed by atoms with Crippen LogP contribution in [0.15, 0.2) is 0 Å². The van der Waals surface area contributed by atoms with E-state index < -0.39 is 0 Å². The fourth-order valence-electron chi connectivity index (χ4n) is 2.72. The second-order valence-electron chi connectivity index (χ2n) is 5.51. The molecule has 0 saturated carbocycles. The number of aryl methyl sites for hydroxylation is 2. The summed E-state index contributed by atoms with van der Waals surface area (Å²) in [7, 11) is 1.91. The maximum absolute atomic E-state index is 12.4. The first-order chi connectivity index (χ1) is 8.88. The van der Waals surface area contributed by atoms with Crippen molar-refractivity contribution in [1.82, 2.24) is 14.7 Å². The standard InChI is InChI=1S/C14H23N3O2/c1-9-7-17(8-10(2)19-9)14(18)6-13-11(3)15-16(5)12(13)4/h9-10H,6-8H2,1-5H3. The van der Waals surface area contributed by atoms with Crippen LogP contribution in [-0.2, 0) is 23.0 Å². The van der Waals surface area contributed by atoms with Crippen molar-refractivity contribution < 1.29 is 9.53 Å². The predicted molar refractivity (Wildman–Crippen MR) is 73.0 cm³/mol. The Kier molecular flexibility index (Phi) is 3.94.